The van der Waals surface area contributed by atoms with Crippen molar-refractivity contribution in [3.05, 3.63) is 69.4 Å². The van der Waals surface area contributed by atoms with Crippen LogP contribution in [0.1, 0.15) is 33.9 Å². The predicted molar refractivity (Wildman–Crippen MR) is 109 cm³/mol. The van der Waals surface area contributed by atoms with Crippen LogP contribution in [0.3, 0.4) is 0 Å². The van der Waals surface area contributed by atoms with Crippen molar-refractivity contribution < 1.29 is 4.79 Å². The van der Waals surface area contributed by atoms with Gasteiger partial charge in [0.25, 0.3) is 11.5 Å². The Balaban J connectivity index is 1.41. The molecule has 0 aliphatic rings. The number of aromatic amines is 2. The van der Waals surface area contributed by atoms with Gasteiger partial charge in [-0.1, -0.05) is 24.3 Å². The summed E-state index contributed by atoms with van der Waals surface area (Å²) in [5, 5.41) is 10.2. The van der Waals surface area contributed by atoms with E-state index in [1.165, 1.54) is 11.1 Å². The van der Waals surface area contributed by atoms with Crippen LogP contribution >= 0.6 is 0 Å². The fourth-order valence-electron chi connectivity index (χ4n) is 3.31. The summed E-state index contributed by atoms with van der Waals surface area (Å²) in [5.74, 6) is 0.606. The molecule has 7 nitrogen and oxygen atoms in total. The Labute approximate surface area is 161 Å². The first-order valence-electron chi connectivity index (χ1n) is 9.25. The van der Waals surface area contributed by atoms with Gasteiger partial charge in [-0.2, -0.15) is 5.10 Å². The zero-order valence-corrected chi connectivity index (χ0v) is 15.8. The maximum atomic E-state index is 12.5. The Morgan fingerprint density at radius 2 is 1.89 bits per heavy atom. The number of benzene rings is 2. The number of nitrogens with one attached hydrogen (secondary N) is 3. The average Bonchev–Trinajstić information content (AvgIpc) is 3.12. The predicted octanol–water partition coefficient (Wildman–Crippen LogP) is 2.78. The second-order valence-corrected chi connectivity index (χ2v) is 6.89. The van der Waals surface area contributed by atoms with Gasteiger partial charge in [0.1, 0.15) is 5.82 Å². The van der Waals surface area contributed by atoms with Crippen molar-refractivity contribution in [2.75, 3.05) is 6.54 Å². The van der Waals surface area contributed by atoms with Gasteiger partial charge in [0, 0.05) is 18.4 Å². The zero-order valence-electron chi connectivity index (χ0n) is 15.8. The van der Waals surface area contributed by atoms with Crippen LogP contribution in [-0.2, 0) is 6.42 Å². The van der Waals surface area contributed by atoms with Crippen molar-refractivity contribution in [1.29, 1.82) is 0 Å². The van der Waals surface area contributed by atoms with Crippen molar-refractivity contribution in [3.63, 3.8) is 0 Å². The summed E-state index contributed by atoms with van der Waals surface area (Å²) >= 11 is 0. The second kappa shape index (κ2) is 7.26. The summed E-state index contributed by atoms with van der Waals surface area (Å²) < 4.78 is 0. The van der Waals surface area contributed by atoms with Crippen LogP contribution < -0.4 is 10.9 Å². The normalized spacial score (nSPS) is 11.2. The number of nitrogens with zero attached hydrogens (tertiary/aromatic N) is 2. The lowest BCUT2D eigenvalue weighted by Gasteiger charge is -2.06. The monoisotopic (exact) mass is 375 g/mol. The van der Waals surface area contributed by atoms with Crippen LogP contribution in [0.5, 0.6) is 0 Å². The van der Waals surface area contributed by atoms with Crippen LogP contribution in [0.4, 0.5) is 0 Å². The number of rotatable bonds is 5. The van der Waals surface area contributed by atoms with Crippen molar-refractivity contribution in [3.8, 4) is 0 Å². The van der Waals surface area contributed by atoms with Crippen LogP contribution in [0.25, 0.3) is 21.8 Å². The molecule has 7 heteroatoms. The molecular weight excluding hydrogens is 354 g/mol. The first-order valence-corrected chi connectivity index (χ1v) is 9.25. The number of fused-ring (bicyclic) bond motifs is 2. The molecule has 0 bridgehead atoms. The van der Waals surface area contributed by atoms with E-state index in [0.29, 0.717) is 17.3 Å². The summed E-state index contributed by atoms with van der Waals surface area (Å²) in [6.07, 6.45) is 1.47. The van der Waals surface area contributed by atoms with E-state index in [1.54, 1.807) is 24.3 Å². The molecule has 0 spiro atoms. The number of hydrogen-bond donors (Lipinski definition) is 3. The molecule has 0 aliphatic carbocycles. The van der Waals surface area contributed by atoms with E-state index >= 15 is 0 Å². The van der Waals surface area contributed by atoms with E-state index in [-0.39, 0.29) is 17.2 Å². The van der Waals surface area contributed by atoms with Crippen molar-refractivity contribution >= 4 is 27.7 Å². The Bertz CT molecular complexity index is 1240. The fraction of sp³-hybridized carbons (Fsp3) is 0.238. The quantitative estimate of drug-likeness (QED) is 0.467. The van der Waals surface area contributed by atoms with Gasteiger partial charge in [-0.25, -0.2) is 10.1 Å². The lowest BCUT2D eigenvalue weighted by atomic mass is 10.1. The molecule has 3 N–H and O–H groups in total. The number of carbonyl (C=O) groups excluding carboxylic acids is 1. The third kappa shape index (κ3) is 3.26. The molecule has 4 aromatic rings. The van der Waals surface area contributed by atoms with Gasteiger partial charge >= 0.3 is 0 Å². The van der Waals surface area contributed by atoms with Gasteiger partial charge < -0.3 is 10.3 Å². The number of aromatic nitrogens is 4. The number of hydrogen-bond acceptors (Lipinski definition) is 4. The van der Waals surface area contributed by atoms with E-state index in [4.69, 9.17) is 0 Å². The van der Waals surface area contributed by atoms with Gasteiger partial charge in [-0.05, 0) is 43.5 Å². The van der Waals surface area contributed by atoms with Gasteiger partial charge in [0.05, 0.1) is 16.4 Å². The fourth-order valence-corrected chi connectivity index (χ4v) is 3.31. The Kier molecular flexibility index (Phi) is 4.65. The smallest absolute Gasteiger partial charge is 0.272 e. The largest absolute Gasteiger partial charge is 0.351 e. The maximum Gasteiger partial charge on any atom is 0.272 e. The molecule has 2 aromatic carbocycles. The third-order valence-electron chi connectivity index (χ3n) is 5.01. The van der Waals surface area contributed by atoms with Crippen molar-refractivity contribution in [2.24, 2.45) is 0 Å². The summed E-state index contributed by atoms with van der Waals surface area (Å²) in [6, 6.07) is 11.1. The molecule has 0 fully saturated rings. The topological polar surface area (TPSA) is 104 Å². The molecule has 0 unspecified atom stereocenters. The van der Waals surface area contributed by atoms with E-state index in [0.717, 1.165) is 29.7 Å². The minimum atomic E-state index is -0.303. The lowest BCUT2D eigenvalue weighted by Crippen LogP contribution is -2.27. The first-order chi connectivity index (χ1) is 13.5. The number of H-pyrrole nitrogens is 2. The molecule has 142 valence electrons. The highest BCUT2D eigenvalue weighted by molar-refractivity contribution is 6.04. The SMILES string of the molecule is Cc1ccc2[nH]c(CCCNC(=O)c3n[nH]c(=O)c4ccccc34)nc2c1C. The van der Waals surface area contributed by atoms with E-state index in [9.17, 15) is 9.59 Å². The minimum Gasteiger partial charge on any atom is -0.351 e. The highest BCUT2D eigenvalue weighted by Gasteiger charge is 2.13. The molecule has 2 heterocycles. The zero-order chi connectivity index (χ0) is 19.7. The first kappa shape index (κ1) is 17.9. The second-order valence-electron chi connectivity index (χ2n) is 6.89. The van der Waals surface area contributed by atoms with Crippen molar-refractivity contribution in [2.45, 2.75) is 26.7 Å². The number of carbonyl (C=O) groups is 1. The summed E-state index contributed by atoms with van der Waals surface area (Å²) in [7, 11) is 0. The summed E-state index contributed by atoms with van der Waals surface area (Å²) in [4.78, 5) is 32.3. The minimum absolute atomic E-state index is 0.227. The summed E-state index contributed by atoms with van der Waals surface area (Å²) in [5.41, 5.74) is 4.37. The molecular formula is C21H21N5O2. The van der Waals surface area contributed by atoms with Gasteiger partial charge in [-0.15, -0.1) is 0 Å². The van der Waals surface area contributed by atoms with Gasteiger partial charge in [0.15, 0.2) is 5.69 Å². The van der Waals surface area contributed by atoms with Crippen LogP contribution in [0.2, 0.25) is 0 Å². The Morgan fingerprint density at radius 1 is 1.11 bits per heavy atom. The highest BCUT2D eigenvalue weighted by Crippen LogP contribution is 2.19. The number of amides is 1. The van der Waals surface area contributed by atoms with E-state index < -0.39 is 0 Å². The molecule has 4 rings (SSSR count). The Hall–Kier alpha value is -3.48. The molecule has 0 radical (unpaired) electrons. The van der Waals surface area contributed by atoms with Gasteiger partial charge in [-0.3, -0.25) is 9.59 Å². The Morgan fingerprint density at radius 3 is 2.71 bits per heavy atom. The van der Waals surface area contributed by atoms with E-state index in [2.05, 4.69) is 45.4 Å². The summed E-state index contributed by atoms with van der Waals surface area (Å²) in [6.45, 7) is 4.64. The van der Waals surface area contributed by atoms with Crippen LogP contribution in [0, 0.1) is 13.8 Å². The van der Waals surface area contributed by atoms with Crippen molar-refractivity contribution in [1.82, 2.24) is 25.5 Å². The molecule has 1 amide bonds. The average molecular weight is 375 g/mol. The number of imidazole rings is 1. The van der Waals surface area contributed by atoms with Gasteiger partial charge in [0.2, 0.25) is 0 Å². The number of aryl methyl sites for hydroxylation is 3. The van der Waals surface area contributed by atoms with E-state index in [1.807, 2.05) is 6.07 Å². The standard InChI is InChI=1S/C21H21N5O2/c1-12-9-10-16-18(13(12)2)24-17(23-16)8-5-11-22-21(28)19-14-6-3-4-7-15(14)20(27)26-25-19/h3-4,6-7,9-10H,5,8,11H2,1-2H3,(H,22,28)(H,23,24)(H,26,27). The third-order valence-corrected chi connectivity index (χ3v) is 5.01. The molecule has 0 saturated carbocycles. The maximum absolute atomic E-state index is 12.5. The van der Waals surface area contributed by atoms with Crippen LogP contribution in [0.15, 0.2) is 41.2 Å². The molecule has 28 heavy (non-hydrogen) atoms. The van der Waals surface area contributed by atoms with Crippen LogP contribution in [-0.4, -0.2) is 32.6 Å². The molecule has 0 atom stereocenters. The molecule has 0 saturated heterocycles. The molecule has 0 aliphatic heterocycles. The lowest BCUT2D eigenvalue weighted by molar-refractivity contribution is 0.0949. The molecule has 2 aromatic heterocycles. The highest BCUT2D eigenvalue weighted by atomic mass is 16.2.